The highest BCUT2D eigenvalue weighted by atomic mass is 127. The van der Waals surface area contributed by atoms with E-state index in [0.29, 0.717) is 9.26 Å². The van der Waals surface area contributed by atoms with Gasteiger partial charge < -0.3 is 10.3 Å². The van der Waals surface area contributed by atoms with Crippen molar-refractivity contribution in [2.45, 2.75) is 0 Å². The summed E-state index contributed by atoms with van der Waals surface area (Å²) in [5, 5.41) is 3.11. The minimum absolute atomic E-state index is 0.204. The predicted octanol–water partition coefficient (Wildman–Crippen LogP) is 4.32. The zero-order valence-electron chi connectivity index (χ0n) is 8.73. The summed E-state index contributed by atoms with van der Waals surface area (Å²) in [5.74, 6) is -0.753. The van der Waals surface area contributed by atoms with E-state index in [4.69, 9.17) is 23.2 Å². The van der Waals surface area contributed by atoms with Crippen molar-refractivity contribution in [1.82, 2.24) is 4.98 Å². The molecule has 0 saturated heterocycles. The second kappa shape index (κ2) is 5.46. The number of aromatic amines is 1. The summed E-state index contributed by atoms with van der Waals surface area (Å²) in [6.45, 7) is 0. The van der Waals surface area contributed by atoms with Crippen molar-refractivity contribution < 1.29 is 9.18 Å². The van der Waals surface area contributed by atoms with Crippen LogP contribution in [0.2, 0.25) is 10.2 Å². The van der Waals surface area contributed by atoms with E-state index < -0.39 is 5.91 Å². The van der Waals surface area contributed by atoms with Crippen LogP contribution in [0.3, 0.4) is 0 Å². The lowest BCUT2D eigenvalue weighted by Gasteiger charge is -2.06. The van der Waals surface area contributed by atoms with Gasteiger partial charge in [-0.05, 0) is 46.9 Å². The Morgan fingerprint density at radius 3 is 2.61 bits per heavy atom. The molecule has 0 aliphatic rings. The number of H-pyrrole nitrogens is 1. The van der Waals surface area contributed by atoms with Crippen LogP contribution in [-0.4, -0.2) is 10.9 Å². The molecule has 2 rings (SSSR count). The molecule has 1 heterocycles. The van der Waals surface area contributed by atoms with Crippen LogP contribution < -0.4 is 5.32 Å². The average Bonchev–Trinajstić information content (AvgIpc) is 2.63. The van der Waals surface area contributed by atoms with Crippen LogP contribution >= 0.6 is 45.8 Å². The smallest absolute Gasteiger partial charge is 0.272 e. The first-order valence-corrected chi connectivity index (χ1v) is 6.61. The molecule has 1 aromatic carbocycles. The predicted molar refractivity (Wildman–Crippen MR) is 77.9 cm³/mol. The van der Waals surface area contributed by atoms with Gasteiger partial charge in [-0.3, -0.25) is 4.79 Å². The third-order valence-corrected chi connectivity index (χ3v) is 3.73. The fourth-order valence-electron chi connectivity index (χ4n) is 1.31. The van der Waals surface area contributed by atoms with Gasteiger partial charge >= 0.3 is 0 Å². The summed E-state index contributed by atoms with van der Waals surface area (Å²) in [5.41, 5.74) is 0.758. The summed E-state index contributed by atoms with van der Waals surface area (Å²) in [6, 6.07) is 5.51. The fraction of sp³-hybridized carbons (Fsp3) is 0. The Balaban J connectivity index is 2.21. The van der Waals surface area contributed by atoms with Gasteiger partial charge in [0.25, 0.3) is 5.91 Å². The molecule has 2 N–H and O–H groups in total. The van der Waals surface area contributed by atoms with Gasteiger partial charge in [-0.1, -0.05) is 23.2 Å². The van der Waals surface area contributed by atoms with Gasteiger partial charge in [0, 0.05) is 3.57 Å². The first-order valence-electron chi connectivity index (χ1n) is 4.78. The van der Waals surface area contributed by atoms with E-state index >= 15 is 0 Å². The van der Waals surface area contributed by atoms with Crippen molar-refractivity contribution in [3.05, 3.63) is 49.5 Å². The van der Waals surface area contributed by atoms with Crippen LogP contribution in [0.1, 0.15) is 10.5 Å². The number of anilines is 1. The van der Waals surface area contributed by atoms with Crippen molar-refractivity contribution in [2.24, 2.45) is 0 Å². The van der Waals surface area contributed by atoms with E-state index in [0.717, 1.165) is 0 Å². The van der Waals surface area contributed by atoms with Gasteiger partial charge in [-0.2, -0.15) is 0 Å². The van der Waals surface area contributed by atoms with Crippen LogP contribution in [0, 0.1) is 9.39 Å². The third kappa shape index (κ3) is 2.96. The molecule has 3 nitrogen and oxygen atoms in total. The molecular weight excluding hydrogens is 393 g/mol. The van der Waals surface area contributed by atoms with E-state index in [1.807, 2.05) is 22.6 Å². The number of benzene rings is 1. The molecule has 0 bridgehead atoms. The van der Waals surface area contributed by atoms with Crippen molar-refractivity contribution in [2.75, 3.05) is 5.32 Å². The number of aromatic nitrogens is 1. The number of halogens is 4. The van der Waals surface area contributed by atoms with Crippen LogP contribution in [-0.2, 0) is 0 Å². The molecule has 1 amide bonds. The Kier molecular flexibility index (Phi) is 4.14. The molecule has 0 unspecified atom stereocenters. The molecule has 0 saturated carbocycles. The van der Waals surface area contributed by atoms with Gasteiger partial charge in [0.15, 0.2) is 0 Å². The molecule has 0 radical (unpaired) electrons. The van der Waals surface area contributed by atoms with Gasteiger partial charge in [0.05, 0.1) is 10.7 Å². The number of nitrogens with one attached hydrogen (secondary N) is 2. The quantitative estimate of drug-likeness (QED) is 0.727. The normalized spacial score (nSPS) is 10.4. The van der Waals surface area contributed by atoms with Crippen LogP contribution in [0.4, 0.5) is 10.1 Å². The highest BCUT2D eigenvalue weighted by molar-refractivity contribution is 14.1. The Morgan fingerprint density at radius 2 is 2.06 bits per heavy atom. The molecule has 0 aliphatic heterocycles. The topological polar surface area (TPSA) is 44.9 Å². The lowest BCUT2D eigenvalue weighted by atomic mass is 10.3. The Labute approximate surface area is 126 Å². The van der Waals surface area contributed by atoms with Crippen LogP contribution in [0.25, 0.3) is 0 Å². The zero-order valence-corrected chi connectivity index (χ0v) is 12.4. The molecule has 0 spiro atoms. The summed E-state index contributed by atoms with van der Waals surface area (Å²) in [4.78, 5) is 14.5. The van der Waals surface area contributed by atoms with Gasteiger partial charge in [0.1, 0.15) is 16.7 Å². The minimum atomic E-state index is -0.395. The van der Waals surface area contributed by atoms with E-state index in [-0.39, 0.29) is 21.7 Å². The van der Waals surface area contributed by atoms with Crippen molar-refractivity contribution >= 4 is 57.4 Å². The highest BCUT2D eigenvalue weighted by Gasteiger charge is 2.13. The third-order valence-electron chi connectivity index (χ3n) is 2.15. The number of rotatable bonds is 2. The fourth-order valence-corrected chi connectivity index (χ4v) is 2.23. The molecule has 0 atom stereocenters. The number of amides is 1. The Hall–Kier alpha value is -0.790. The summed E-state index contributed by atoms with van der Waals surface area (Å²) in [6.07, 6.45) is 0. The van der Waals surface area contributed by atoms with Crippen LogP contribution in [0.15, 0.2) is 24.3 Å². The standard InChI is InChI=1S/C11H6Cl2FIN2O/c12-6-4-9(16-10(6)13)11(18)17-8-2-1-5(14)3-7(8)15/h1-4,16H,(H,17,18). The van der Waals surface area contributed by atoms with Gasteiger partial charge in [0.2, 0.25) is 0 Å². The van der Waals surface area contributed by atoms with Crippen molar-refractivity contribution in [3.63, 3.8) is 0 Å². The highest BCUT2D eigenvalue weighted by Crippen LogP contribution is 2.24. The van der Waals surface area contributed by atoms with Crippen molar-refractivity contribution in [1.29, 1.82) is 0 Å². The van der Waals surface area contributed by atoms with E-state index in [2.05, 4.69) is 10.3 Å². The maximum atomic E-state index is 12.9. The lowest BCUT2D eigenvalue weighted by Crippen LogP contribution is -2.13. The molecule has 18 heavy (non-hydrogen) atoms. The Morgan fingerprint density at radius 1 is 1.33 bits per heavy atom. The summed E-state index contributed by atoms with van der Waals surface area (Å²) >= 11 is 13.4. The SMILES string of the molecule is O=C(Nc1ccc(F)cc1I)c1cc(Cl)c(Cl)[nH]1. The van der Waals surface area contributed by atoms with Crippen LogP contribution in [0.5, 0.6) is 0 Å². The van der Waals surface area contributed by atoms with Crippen molar-refractivity contribution in [3.8, 4) is 0 Å². The van der Waals surface area contributed by atoms with Gasteiger partial charge in [-0.25, -0.2) is 4.39 Å². The van der Waals surface area contributed by atoms with E-state index in [9.17, 15) is 9.18 Å². The number of hydrogen-bond donors (Lipinski definition) is 2. The maximum absolute atomic E-state index is 12.9. The molecule has 0 fully saturated rings. The van der Waals surface area contributed by atoms with E-state index in [1.165, 1.54) is 24.3 Å². The number of hydrogen-bond acceptors (Lipinski definition) is 1. The molecule has 2 aromatic rings. The second-order valence-corrected chi connectivity index (χ2v) is 5.37. The zero-order chi connectivity index (χ0) is 13.3. The largest absolute Gasteiger partial charge is 0.340 e. The average molecular weight is 399 g/mol. The summed E-state index contributed by atoms with van der Waals surface area (Å²) in [7, 11) is 0. The molecular formula is C11H6Cl2FIN2O. The molecule has 0 aliphatic carbocycles. The molecule has 1 aromatic heterocycles. The first-order chi connectivity index (χ1) is 8.47. The lowest BCUT2D eigenvalue weighted by molar-refractivity contribution is 0.102. The summed E-state index contributed by atoms with van der Waals surface area (Å²) < 4.78 is 13.5. The number of carbonyl (C=O) groups is 1. The number of carbonyl (C=O) groups excluding carboxylic acids is 1. The maximum Gasteiger partial charge on any atom is 0.272 e. The Bertz CT molecular complexity index is 596. The van der Waals surface area contributed by atoms with E-state index in [1.54, 1.807) is 0 Å². The molecule has 94 valence electrons. The van der Waals surface area contributed by atoms with Gasteiger partial charge in [-0.15, -0.1) is 0 Å². The first kappa shape index (κ1) is 13.6. The molecule has 7 heteroatoms. The monoisotopic (exact) mass is 398 g/mol. The minimum Gasteiger partial charge on any atom is -0.340 e. The second-order valence-electron chi connectivity index (χ2n) is 3.42.